The number of nitrogens with zero attached hydrogens (tertiary/aromatic N) is 1. The molecule has 1 fully saturated rings. The minimum atomic E-state index is -0.299. The van der Waals surface area contributed by atoms with Crippen LogP contribution >= 0.6 is 11.6 Å². The molecule has 2 atom stereocenters. The summed E-state index contributed by atoms with van der Waals surface area (Å²) >= 11 is 6.54. The molecule has 0 saturated heterocycles. The first kappa shape index (κ1) is 12.8. The number of aryl methyl sites for hydroxylation is 1. The Morgan fingerprint density at radius 2 is 2.21 bits per heavy atom. The molecular formula is C15H18ClNO2. The van der Waals surface area contributed by atoms with Crippen LogP contribution in [0.2, 0.25) is 0 Å². The summed E-state index contributed by atoms with van der Waals surface area (Å²) < 4.78 is 6.91. The van der Waals surface area contributed by atoms with Crippen molar-refractivity contribution in [3.05, 3.63) is 34.3 Å². The fourth-order valence-corrected chi connectivity index (χ4v) is 3.36. The lowest BCUT2D eigenvalue weighted by molar-refractivity contribution is 0.512. The quantitative estimate of drug-likeness (QED) is 0.798. The van der Waals surface area contributed by atoms with Gasteiger partial charge in [-0.25, -0.2) is 4.79 Å². The lowest BCUT2D eigenvalue weighted by Crippen LogP contribution is -2.11. The molecule has 0 amide bonds. The van der Waals surface area contributed by atoms with Crippen molar-refractivity contribution in [2.24, 2.45) is 11.3 Å². The molecule has 1 aromatic carbocycles. The first-order valence-corrected chi connectivity index (χ1v) is 7.15. The van der Waals surface area contributed by atoms with E-state index in [0.717, 1.165) is 17.5 Å². The first-order valence-electron chi connectivity index (χ1n) is 6.71. The molecule has 0 N–H and O–H groups in total. The maximum Gasteiger partial charge on any atom is 0.419 e. The summed E-state index contributed by atoms with van der Waals surface area (Å²) in [5.41, 5.74) is 2.85. The maximum atomic E-state index is 11.7. The predicted octanol–water partition coefficient (Wildman–Crippen LogP) is 3.94. The second-order valence-corrected chi connectivity index (χ2v) is 6.51. The van der Waals surface area contributed by atoms with Gasteiger partial charge in [0.05, 0.1) is 10.9 Å². The summed E-state index contributed by atoms with van der Waals surface area (Å²) in [6.07, 6.45) is 1.15. The van der Waals surface area contributed by atoms with Crippen molar-refractivity contribution in [3.63, 3.8) is 0 Å². The van der Waals surface area contributed by atoms with Crippen LogP contribution in [0.25, 0.3) is 11.1 Å². The number of halogens is 1. The monoisotopic (exact) mass is 279 g/mol. The first-order chi connectivity index (χ1) is 8.94. The second-order valence-electron chi connectivity index (χ2n) is 6.04. The molecule has 4 heteroatoms. The molecule has 1 aromatic heterocycles. The average Bonchev–Trinajstić information content (AvgIpc) is 2.87. The van der Waals surface area contributed by atoms with E-state index in [9.17, 15) is 4.79 Å². The third-order valence-electron chi connectivity index (χ3n) is 4.27. The Labute approximate surface area is 117 Å². The predicted molar refractivity (Wildman–Crippen MR) is 76.6 cm³/mol. The van der Waals surface area contributed by atoms with Crippen LogP contribution in [0.15, 0.2) is 27.4 Å². The SMILES string of the molecule is CCn1c(=O)oc2cc(C(Cl)C3CC3(C)C)ccc21. The molecule has 2 aromatic rings. The molecule has 102 valence electrons. The highest BCUT2D eigenvalue weighted by Crippen LogP contribution is 2.59. The van der Waals surface area contributed by atoms with Crippen molar-refractivity contribution < 1.29 is 4.42 Å². The van der Waals surface area contributed by atoms with Crippen LogP contribution in [0.1, 0.15) is 38.1 Å². The van der Waals surface area contributed by atoms with E-state index in [1.165, 1.54) is 0 Å². The van der Waals surface area contributed by atoms with Gasteiger partial charge in [0.15, 0.2) is 5.58 Å². The van der Waals surface area contributed by atoms with Gasteiger partial charge in [0, 0.05) is 6.54 Å². The number of oxazole rings is 1. The van der Waals surface area contributed by atoms with Gasteiger partial charge in [-0.2, -0.15) is 0 Å². The van der Waals surface area contributed by atoms with Crippen LogP contribution in [0.5, 0.6) is 0 Å². The molecule has 2 unspecified atom stereocenters. The summed E-state index contributed by atoms with van der Waals surface area (Å²) in [4.78, 5) is 11.7. The van der Waals surface area contributed by atoms with Crippen LogP contribution in [0, 0.1) is 11.3 Å². The third kappa shape index (κ3) is 2.00. The molecule has 0 radical (unpaired) electrons. The van der Waals surface area contributed by atoms with Crippen molar-refractivity contribution in [2.45, 2.75) is 39.1 Å². The third-order valence-corrected chi connectivity index (χ3v) is 4.83. The molecule has 1 aliphatic carbocycles. The Balaban J connectivity index is 2.01. The fourth-order valence-electron chi connectivity index (χ4n) is 2.79. The molecule has 19 heavy (non-hydrogen) atoms. The van der Waals surface area contributed by atoms with Gasteiger partial charge in [0.1, 0.15) is 0 Å². The number of hydrogen-bond acceptors (Lipinski definition) is 2. The van der Waals surface area contributed by atoms with Crippen LogP contribution < -0.4 is 5.76 Å². The normalized spacial score (nSPS) is 22.6. The fraction of sp³-hybridized carbons (Fsp3) is 0.533. The molecule has 3 nitrogen and oxygen atoms in total. The van der Waals surface area contributed by atoms with Crippen LogP contribution in [0.3, 0.4) is 0 Å². The van der Waals surface area contributed by atoms with E-state index in [-0.39, 0.29) is 11.1 Å². The summed E-state index contributed by atoms with van der Waals surface area (Å²) in [5, 5.41) is -0.00493. The van der Waals surface area contributed by atoms with Gasteiger partial charge in [0.2, 0.25) is 0 Å². The maximum absolute atomic E-state index is 11.7. The number of rotatable bonds is 3. The number of fused-ring (bicyclic) bond motifs is 1. The number of hydrogen-bond donors (Lipinski definition) is 0. The molecule has 1 heterocycles. The molecule has 0 bridgehead atoms. The lowest BCUT2D eigenvalue weighted by atomic mass is 10.0. The van der Waals surface area contributed by atoms with E-state index in [1.807, 2.05) is 25.1 Å². The Bertz CT molecular complexity index is 683. The standard InChI is InChI=1S/C15H18ClNO2/c1-4-17-11-6-5-9(7-12(11)19-14(17)18)13(16)10-8-15(10,2)3/h5-7,10,13H,4,8H2,1-3H3. The van der Waals surface area contributed by atoms with Gasteiger partial charge >= 0.3 is 5.76 Å². The van der Waals surface area contributed by atoms with Crippen LogP contribution in [-0.4, -0.2) is 4.57 Å². The Kier molecular flexibility index (Phi) is 2.79. The topological polar surface area (TPSA) is 35.1 Å². The second kappa shape index (κ2) is 4.14. The molecule has 3 rings (SSSR count). The van der Waals surface area contributed by atoms with Crippen molar-refractivity contribution in [2.75, 3.05) is 0 Å². The Morgan fingerprint density at radius 3 is 2.79 bits per heavy atom. The zero-order chi connectivity index (χ0) is 13.8. The van der Waals surface area contributed by atoms with E-state index < -0.39 is 0 Å². The largest absolute Gasteiger partial charge is 0.419 e. The van der Waals surface area contributed by atoms with E-state index in [4.69, 9.17) is 16.0 Å². The zero-order valence-electron chi connectivity index (χ0n) is 11.4. The van der Waals surface area contributed by atoms with Gasteiger partial charge in [-0.3, -0.25) is 4.57 Å². The van der Waals surface area contributed by atoms with Gasteiger partial charge in [0.25, 0.3) is 0 Å². The van der Waals surface area contributed by atoms with Gasteiger partial charge in [-0.15, -0.1) is 11.6 Å². The number of benzene rings is 1. The van der Waals surface area contributed by atoms with Gasteiger partial charge < -0.3 is 4.42 Å². The molecule has 0 spiro atoms. The molecule has 1 saturated carbocycles. The van der Waals surface area contributed by atoms with Gasteiger partial charge in [-0.1, -0.05) is 19.9 Å². The summed E-state index contributed by atoms with van der Waals surface area (Å²) in [5.74, 6) is 0.208. The Hall–Kier alpha value is -1.22. The zero-order valence-corrected chi connectivity index (χ0v) is 12.2. The van der Waals surface area contributed by atoms with Crippen molar-refractivity contribution >= 4 is 22.7 Å². The average molecular weight is 280 g/mol. The molecule has 0 aliphatic heterocycles. The van der Waals surface area contributed by atoms with Gasteiger partial charge in [-0.05, 0) is 42.4 Å². The summed E-state index contributed by atoms with van der Waals surface area (Å²) in [7, 11) is 0. The molecular weight excluding hydrogens is 262 g/mol. The Morgan fingerprint density at radius 1 is 1.53 bits per heavy atom. The smallest absolute Gasteiger partial charge is 0.408 e. The van der Waals surface area contributed by atoms with E-state index >= 15 is 0 Å². The summed E-state index contributed by atoms with van der Waals surface area (Å²) in [6, 6.07) is 5.86. The minimum Gasteiger partial charge on any atom is -0.408 e. The minimum absolute atomic E-state index is 0.00493. The number of aromatic nitrogens is 1. The van der Waals surface area contributed by atoms with Crippen molar-refractivity contribution in [3.8, 4) is 0 Å². The lowest BCUT2D eigenvalue weighted by Gasteiger charge is -2.11. The highest BCUT2D eigenvalue weighted by molar-refractivity contribution is 6.21. The van der Waals surface area contributed by atoms with E-state index in [0.29, 0.717) is 23.5 Å². The highest BCUT2D eigenvalue weighted by Gasteiger charge is 2.50. The molecule has 1 aliphatic rings. The van der Waals surface area contributed by atoms with Crippen molar-refractivity contribution in [1.82, 2.24) is 4.57 Å². The van der Waals surface area contributed by atoms with Crippen LogP contribution in [-0.2, 0) is 6.54 Å². The van der Waals surface area contributed by atoms with E-state index in [2.05, 4.69) is 13.8 Å². The number of alkyl halides is 1. The van der Waals surface area contributed by atoms with Crippen molar-refractivity contribution in [1.29, 1.82) is 0 Å². The van der Waals surface area contributed by atoms with Crippen LogP contribution in [0.4, 0.5) is 0 Å². The highest BCUT2D eigenvalue weighted by atomic mass is 35.5. The summed E-state index contributed by atoms with van der Waals surface area (Å²) in [6.45, 7) is 7.02. The van der Waals surface area contributed by atoms with E-state index in [1.54, 1.807) is 4.57 Å².